The van der Waals surface area contributed by atoms with Gasteiger partial charge in [-0.25, -0.2) is 13.2 Å². The van der Waals surface area contributed by atoms with Crippen LogP contribution < -0.4 is 4.90 Å². The van der Waals surface area contributed by atoms with Crippen molar-refractivity contribution in [2.75, 3.05) is 31.1 Å². The van der Waals surface area contributed by atoms with Crippen molar-refractivity contribution in [1.82, 2.24) is 4.31 Å². The van der Waals surface area contributed by atoms with Crippen molar-refractivity contribution in [2.24, 2.45) is 0 Å². The van der Waals surface area contributed by atoms with Gasteiger partial charge in [-0.3, -0.25) is 0 Å². The Balaban J connectivity index is 1.84. The van der Waals surface area contributed by atoms with Crippen LogP contribution in [-0.2, 0) is 10.0 Å². The van der Waals surface area contributed by atoms with Gasteiger partial charge in [0.25, 0.3) is 0 Å². The smallest absolute Gasteiger partial charge is 0.340 e. The van der Waals surface area contributed by atoms with Crippen molar-refractivity contribution >= 4 is 33.3 Å². The van der Waals surface area contributed by atoms with E-state index in [4.69, 9.17) is 16.0 Å². The Kier molecular flexibility index (Phi) is 5.01. The molecule has 0 bridgehead atoms. The molecule has 0 radical (unpaired) electrons. The molecule has 1 N–H and O–H groups in total. The average Bonchev–Trinajstić information content (AvgIpc) is 2.90. The van der Waals surface area contributed by atoms with Crippen molar-refractivity contribution < 1.29 is 22.7 Å². The summed E-state index contributed by atoms with van der Waals surface area (Å²) in [6, 6.07) is 7.38. The number of carboxylic acids is 1. The minimum absolute atomic E-state index is 0.0890. The molecule has 1 aromatic carbocycles. The molecule has 0 atom stereocenters. The summed E-state index contributed by atoms with van der Waals surface area (Å²) < 4.78 is 32.6. The maximum atomic E-state index is 13.0. The Labute approximate surface area is 156 Å². The second kappa shape index (κ2) is 6.94. The van der Waals surface area contributed by atoms with E-state index < -0.39 is 16.0 Å². The van der Waals surface area contributed by atoms with Gasteiger partial charge in [0.2, 0.25) is 10.0 Å². The first-order valence-electron chi connectivity index (χ1n) is 8.05. The molecule has 1 fully saturated rings. The zero-order valence-corrected chi connectivity index (χ0v) is 16.0. The lowest BCUT2D eigenvalue weighted by atomic mass is 10.2. The van der Waals surface area contributed by atoms with Gasteiger partial charge in [-0.2, -0.15) is 4.31 Å². The monoisotopic (exact) mass is 398 g/mol. The second-order valence-electron chi connectivity index (χ2n) is 6.09. The normalized spacial score (nSPS) is 16.0. The molecule has 0 saturated carbocycles. The number of halogens is 1. The molecule has 0 aliphatic carbocycles. The maximum absolute atomic E-state index is 13.0. The van der Waals surface area contributed by atoms with E-state index in [1.807, 2.05) is 23.1 Å². The first kappa shape index (κ1) is 18.8. The van der Waals surface area contributed by atoms with E-state index >= 15 is 0 Å². The Morgan fingerprint density at radius 1 is 1.15 bits per heavy atom. The van der Waals surface area contributed by atoms with E-state index in [1.165, 1.54) is 18.2 Å². The fraction of sp³-hybridized carbons (Fsp3) is 0.353. The van der Waals surface area contributed by atoms with Gasteiger partial charge in [0.05, 0.1) is 0 Å². The van der Waals surface area contributed by atoms with Crippen LogP contribution in [0.3, 0.4) is 0 Å². The summed E-state index contributed by atoms with van der Waals surface area (Å²) in [4.78, 5) is 13.3. The zero-order valence-electron chi connectivity index (χ0n) is 14.4. The third kappa shape index (κ3) is 3.32. The van der Waals surface area contributed by atoms with Crippen LogP contribution in [-0.4, -0.2) is 50.0 Å². The molecule has 140 valence electrons. The molecule has 0 spiro atoms. The first-order chi connectivity index (χ1) is 12.2. The largest absolute Gasteiger partial charge is 0.478 e. The molecule has 7 nitrogen and oxygen atoms in total. The van der Waals surface area contributed by atoms with Gasteiger partial charge < -0.3 is 14.4 Å². The average molecular weight is 399 g/mol. The molecular weight excluding hydrogens is 380 g/mol. The predicted octanol–water partition coefficient (Wildman–Crippen LogP) is 2.76. The van der Waals surface area contributed by atoms with E-state index in [-0.39, 0.29) is 35.1 Å². The number of carboxylic acid groups (broad SMARTS) is 1. The SMILES string of the molecule is Cc1oc(C)c(S(=O)(=O)N2CCN(c3cccc(Cl)c3)CC2)c1C(=O)O. The number of benzene rings is 1. The second-order valence-corrected chi connectivity index (χ2v) is 8.41. The van der Waals surface area contributed by atoms with Crippen molar-refractivity contribution in [3.8, 4) is 0 Å². The molecule has 26 heavy (non-hydrogen) atoms. The molecule has 9 heteroatoms. The number of piperazine rings is 1. The lowest BCUT2D eigenvalue weighted by Gasteiger charge is -2.35. The van der Waals surface area contributed by atoms with E-state index in [1.54, 1.807) is 6.07 Å². The van der Waals surface area contributed by atoms with Gasteiger partial charge in [-0.1, -0.05) is 17.7 Å². The van der Waals surface area contributed by atoms with Crippen LogP contribution in [0.1, 0.15) is 21.9 Å². The summed E-state index contributed by atoms with van der Waals surface area (Å²) >= 11 is 6.01. The van der Waals surface area contributed by atoms with E-state index in [9.17, 15) is 18.3 Å². The highest BCUT2D eigenvalue weighted by atomic mass is 35.5. The molecule has 2 heterocycles. The Bertz CT molecular complexity index is 946. The fourth-order valence-electron chi connectivity index (χ4n) is 3.21. The Morgan fingerprint density at radius 3 is 2.38 bits per heavy atom. The van der Waals surface area contributed by atoms with Gasteiger partial charge in [0.1, 0.15) is 22.0 Å². The van der Waals surface area contributed by atoms with Crippen molar-refractivity contribution in [1.29, 1.82) is 0 Å². The Morgan fingerprint density at radius 2 is 1.81 bits per heavy atom. The number of aromatic carboxylic acids is 1. The lowest BCUT2D eigenvalue weighted by molar-refractivity contribution is 0.0691. The number of sulfonamides is 1. The van der Waals surface area contributed by atoms with Crippen molar-refractivity contribution in [3.63, 3.8) is 0 Å². The molecule has 1 aromatic heterocycles. The summed E-state index contributed by atoms with van der Waals surface area (Å²) in [5.41, 5.74) is 0.635. The maximum Gasteiger partial charge on any atom is 0.340 e. The third-order valence-corrected chi connectivity index (χ3v) is 6.72. The van der Waals surface area contributed by atoms with Gasteiger partial charge in [0, 0.05) is 36.9 Å². The summed E-state index contributed by atoms with van der Waals surface area (Å²) in [6.45, 7) is 4.38. The minimum Gasteiger partial charge on any atom is -0.478 e. The van der Waals surface area contributed by atoms with Gasteiger partial charge in [-0.15, -0.1) is 0 Å². The number of carbonyl (C=O) groups is 1. The number of hydrogen-bond donors (Lipinski definition) is 1. The van der Waals surface area contributed by atoms with Crippen molar-refractivity contribution in [3.05, 3.63) is 46.4 Å². The summed E-state index contributed by atoms with van der Waals surface area (Å²) in [7, 11) is -3.96. The summed E-state index contributed by atoms with van der Waals surface area (Å²) in [5.74, 6) is -1.13. The molecule has 0 unspecified atom stereocenters. The van der Waals surface area contributed by atoms with E-state index in [0.717, 1.165) is 5.69 Å². The first-order valence-corrected chi connectivity index (χ1v) is 9.87. The molecule has 3 rings (SSSR count). The van der Waals surface area contributed by atoms with Gasteiger partial charge in [-0.05, 0) is 32.0 Å². The third-order valence-electron chi connectivity index (χ3n) is 4.43. The van der Waals surface area contributed by atoms with Crippen LogP contribution in [0.2, 0.25) is 5.02 Å². The van der Waals surface area contributed by atoms with Crippen LogP contribution >= 0.6 is 11.6 Å². The topological polar surface area (TPSA) is 91.1 Å². The van der Waals surface area contributed by atoms with E-state index in [0.29, 0.717) is 18.1 Å². The lowest BCUT2D eigenvalue weighted by Crippen LogP contribution is -2.48. The van der Waals surface area contributed by atoms with Crippen molar-refractivity contribution in [2.45, 2.75) is 18.7 Å². The van der Waals surface area contributed by atoms with Crippen LogP contribution in [0.5, 0.6) is 0 Å². The fourth-order valence-corrected chi connectivity index (χ4v) is 5.19. The Hall–Kier alpha value is -2.03. The molecule has 1 saturated heterocycles. The summed E-state index contributed by atoms with van der Waals surface area (Å²) in [6.07, 6.45) is 0. The van der Waals surface area contributed by atoms with Crippen LogP contribution in [0.15, 0.2) is 33.6 Å². The number of aryl methyl sites for hydroxylation is 2. The number of nitrogens with zero attached hydrogens (tertiary/aromatic N) is 2. The van der Waals surface area contributed by atoms with E-state index in [2.05, 4.69) is 0 Å². The van der Waals surface area contributed by atoms with Crippen LogP contribution in [0, 0.1) is 13.8 Å². The highest BCUT2D eigenvalue weighted by molar-refractivity contribution is 7.89. The number of anilines is 1. The molecular formula is C17H19ClN2O5S. The number of hydrogen-bond acceptors (Lipinski definition) is 5. The highest BCUT2D eigenvalue weighted by Gasteiger charge is 2.36. The molecule has 1 aliphatic heterocycles. The molecule has 1 aliphatic rings. The quantitative estimate of drug-likeness (QED) is 0.851. The number of furan rings is 1. The predicted molar refractivity (Wildman–Crippen MR) is 97.6 cm³/mol. The van der Waals surface area contributed by atoms with Gasteiger partial charge in [0.15, 0.2) is 0 Å². The van der Waals surface area contributed by atoms with Crippen LogP contribution in [0.4, 0.5) is 5.69 Å². The molecule has 0 amide bonds. The minimum atomic E-state index is -3.96. The molecule has 2 aromatic rings. The standard InChI is InChI=1S/C17H19ClN2O5S/c1-11-15(17(21)22)16(12(2)25-11)26(23,24)20-8-6-19(7-9-20)14-5-3-4-13(18)10-14/h3-5,10H,6-9H2,1-2H3,(H,21,22). The van der Waals surface area contributed by atoms with Gasteiger partial charge >= 0.3 is 5.97 Å². The summed E-state index contributed by atoms with van der Waals surface area (Å²) in [5, 5.41) is 9.99. The highest BCUT2D eigenvalue weighted by Crippen LogP contribution is 2.30. The zero-order chi connectivity index (χ0) is 19.1. The van der Waals surface area contributed by atoms with Crippen LogP contribution in [0.25, 0.3) is 0 Å². The number of rotatable bonds is 4.